The van der Waals surface area contributed by atoms with Crippen LogP contribution in [-0.4, -0.2) is 13.6 Å². The number of hydrogen-bond donors (Lipinski definition) is 1. The first kappa shape index (κ1) is 15.5. The molecule has 0 saturated heterocycles. The molecular weight excluding hydrogens is 249 g/mol. The molecule has 0 amide bonds. The third-order valence-corrected chi connectivity index (χ3v) is 4.94. The van der Waals surface area contributed by atoms with E-state index in [9.17, 15) is 4.39 Å². The van der Waals surface area contributed by atoms with Gasteiger partial charge in [-0.2, -0.15) is 0 Å². The third kappa shape index (κ3) is 3.60. The molecule has 1 N–H and O–H groups in total. The highest BCUT2D eigenvalue weighted by molar-refractivity contribution is 5.28. The highest BCUT2D eigenvalue weighted by Crippen LogP contribution is 2.43. The molecule has 1 aromatic carbocycles. The van der Waals surface area contributed by atoms with Gasteiger partial charge in [0.15, 0.2) is 0 Å². The Labute approximate surface area is 123 Å². The van der Waals surface area contributed by atoms with Crippen molar-refractivity contribution in [3.63, 3.8) is 0 Å². The minimum Gasteiger partial charge on any atom is -0.319 e. The van der Waals surface area contributed by atoms with Crippen molar-refractivity contribution >= 4 is 0 Å². The van der Waals surface area contributed by atoms with Crippen LogP contribution in [0, 0.1) is 30.5 Å². The van der Waals surface area contributed by atoms with E-state index in [2.05, 4.69) is 25.2 Å². The van der Waals surface area contributed by atoms with Crippen LogP contribution in [0.15, 0.2) is 18.2 Å². The van der Waals surface area contributed by atoms with Crippen LogP contribution < -0.4 is 5.32 Å². The van der Waals surface area contributed by atoms with E-state index >= 15 is 0 Å². The quantitative estimate of drug-likeness (QED) is 0.854. The van der Waals surface area contributed by atoms with Crippen LogP contribution in [0.3, 0.4) is 0 Å². The van der Waals surface area contributed by atoms with Crippen molar-refractivity contribution in [3.05, 3.63) is 35.1 Å². The number of rotatable bonds is 4. The Bertz CT molecular complexity index is 421. The number of halogens is 1. The summed E-state index contributed by atoms with van der Waals surface area (Å²) >= 11 is 0. The van der Waals surface area contributed by atoms with Crippen molar-refractivity contribution < 1.29 is 4.39 Å². The molecule has 0 radical (unpaired) electrons. The van der Waals surface area contributed by atoms with Crippen molar-refractivity contribution in [1.82, 2.24) is 5.32 Å². The lowest BCUT2D eigenvalue weighted by Crippen LogP contribution is -2.32. The summed E-state index contributed by atoms with van der Waals surface area (Å²) in [5.41, 5.74) is 2.24. The summed E-state index contributed by atoms with van der Waals surface area (Å²) in [7, 11) is 2.02. The van der Waals surface area contributed by atoms with Crippen LogP contribution in [0.2, 0.25) is 0 Å². The minimum atomic E-state index is -0.0881. The van der Waals surface area contributed by atoms with Gasteiger partial charge in [-0.05, 0) is 86.7 Å². The van der Waals surface area contributed by atoms with Crippen LogP contribution in [0.4, 0.5) is 4.39 Å². The first-order valence-electron chi connectivity index (χ1n) is 7.93. The summed E-state index contributed by atoms with van der Waals surface area (Å²) in [6, 6.07) is 5.56. The summed E-state index contributed by atoms with van der Waals surface area (Å²) in [6.45, 7) is 7.65. The molecule has 2 heteroatoms. The summed E-state index contributed by atoms with van der Waals surface area (Å²) in [5.74, 6) is 2.54. The fraction of sp³-hybridized carbons (Fsp3) is 0.667. The fourth-order valence-corrected chi connectivity index (χ4v) is 3.76. The Kier molecular flexibility index (Phi) is 5.20. The van der Waals surface area contributed by atoms with E-state index in [1.165, 1.54) is 24.8 Å². The number of nitrogens with one attached hydrogen (secondary N) is 1. The SMILES string of the molecule is CNCC1CCC(C(C)C)CC1c1cc(C)cc(F)c1. The van der Waals surface area contributed by atoms with Gasteiger partial charge in [-0.25, -0.2) is 4.39 Å². The zero-order valence-corrected chi connectivity index (χ0v) is 13.2. The molecule has 20 heavy (non-hydrogen) atoms. The lowest BCUT2D eigenvalue weighted by atomic mass is 9.68. The van der Waals surface area contributed by atoms with Crippen molar-refractivity contribution in [2.45, 2.75) is 46.0 Å². The first-order valence-corrected chi connectivity index (χ1v) is 7.93. The Balaban J connectivity index is 2.26. The Morgan fingerprint density at radius 3 is 2.60 bits per heavy atom. The van der Waals surface area contributed by atoms with Gasteiger partial charge in [-0.3, -0.25) is 0 Å². The maximum Gasteiger partial charge on any atom is 0.123 e. The van der Waals surface area contributed by atoms with Gasteiger partial charge in [0, 0.05) is 0 Å². The topological polar surface area (TPSA) is 12.0 Å². The zero-order chi connectivity index (χ0) is 14.7. The molecule has 3 atom stereocenters. The van der Waals surface area contributed by atoms with E-state index < -0.39 is 0 Å². The number of benzene rings is 1. The van der Waals surface area contributed by atoms with Gasteiger partial charge in [0.1, 0.15) is 5.82 Å². The number of hydrogen-bond acceptors (Lipinski definition) is 1. The zero-order valence-electron chi connectivity index (χ0n) is 13.2. The molecule has 1 aromatic rings. The minimum absolute atomic E-state index is 0.0881. The predicted molar refractivity (Wildman–Crippen MR) is 83.5 cm³/mol. The molecule has 1 aliphatic rings. The van der Waals surface area contributed by atoms with Gasteiger partial charge in [0.2, 0.25) is 0 Å². The summed E-state index contributed by atoms with van der Waals surface area (Å²) in [6.07, 6.45) is 3.77. The Hall–Kier alpha value is -0.890. The molecule has 1 nitrogen and oxygen atoms in total. The summed E-state index contributed by atoms with van der Waals surface area (Å²) in [4.78, 5) is 0. The molecular formula is C18H28FN. The highest BCUT2D eigenvalue weighted by Gasteiger charge is 2.32. The fourth-order valence-electron chi connectivity index (χ4n) is 3.76. The summed E-state index contributed by atoms with van der Waals surface area (Å²) in [5, 5.41) is 3.32. The third-order valence-electron chi connectivity index (χ3n) is 4.94. The van der Waals surface area contributed by atoms with Crippen molar-refractivity contribution in [3.8, 4) is 0 Å². The van der Waals surface area contributed by atoms with Crippen molar-refractivity contribution in [1.29, 1.82) is 0 Å². The second kappa shape index (κ2) is 6.71. The van der Waals surface area contributed by atoms with Gasteiger partial charge in [-0.15, -0.1) is 0 Å². The molecule has 2 rings (SSSR count). The lowest BCUT2D eigenvalue weighted by molar-refractivity contribution is 0.192. The molecule has 0 bridgehead atoms. The average molecular weight is 277 g/mol. The molecule has 0 spiro atoms. The average Bonchev–Trinajstić information content (AvgIpc) is 2.38. The smallest absolute Gasteiger partial charge is 0.123 e. The molecule has 1 fully saturated rings. The molecule has 0 aliphatic heterocycles. The van der Waals surface area contributed by atoms with E-state index in [0.717, 1.165) is 23.9 Å². The van der Waals surface area contributed by atoms with Crippen molar-refractivity contribution in [2.75, 3.05) is 13.6 Å². The first-order chi connectivity index (χ1) is 9.51. The molecule has 1 aliphatic carbocycles. The van der Waals surface area contributed by atoms with Crippen LogP contribution >= 0.6 is 0 Å². The van der Waals surface area contributed by atoms with E-state index in [1.54, 1.807) is 12.1 Å². The Morgan fingerprint density at radius 1 is 1.25 bits per heavy atom. The van der Waals surface area contributed by atoms with Gasteiger partial charge in [0.25, 0.3) is 0 Å². The monoisotopic (exact) mass is 277 g/mol. The van der Waals surface area contributed by atoms with Crippen molar-refractivity contribution in [2.24, 2.45) is 17.8 Å². The molecule has 112 valence electrons. The van der Waals surface area contributed by atoms with E-state index in [1.807, 2.05) is 14.0 Å². The lowest BCUT2D eigenvalue weighted by Gasteiger charge is -2.38. The molecule has 1 saturated carbocycles. The molecule has 0 aromatic heterocycles. The second-order valence-corrected chi connectivity index (χ2v) is 6.80. The van der Waals surface area contributed by atoms with Crippen LogP contribution in [0.1, 0.15) is 50.2 Å². The summed E-state index contributed by atoms with van der Waals surface area (Å²) < 4.78 is 13.7. The van der Waals surface area contributed by atoms with Gasteiger partial charge in [0.05, 0.1) is 0 Å². The van der Waals surface area contributed by atoms with E-state index in [4.69, 9.17) is 0 Å². The maximum atomic E-state index is 13.7. The van der Waals surface area contributed by atoms with Crippen LogP contribution in [0.25, 0.3) is 0 Å². The second-order valence-electron chi connectivity index (χ2n) is 6.80. The van der Waals surface area contributed by atoms with Crippen LogP contribution in [0.5, 0.6) is 0 Å². The van der Waals surface area contributed by atoms with Gasteiger partial charge < -0.3 is 5.32 Å². The standard InChI is InChI=1S/C18H28FN/c1-12(2)14-5-6-15(11-20-4)18(10-14)16-7-13(3)8-17(19)9-16/h7-9,12,14-15,18,20H,5-6,10-11H2,1-4H3. The van der Waals surface area contributed by atoms with Gasteiger partial charge >= 0.3 is 0 Å². The predicted octanol–water partition coefficient (Wildman–Crippen LogP) is 4.51. The van der Waals surface area contributed by atoms with E-state index in [0.29, 0.717) is 11.8 Å². The van der Waals surface area contributed by atoms with E-state index in [-0.39, 0.29) is 5.82 Å². The largest absolute Gasteiger partial charge is 0.319 e. The molecule has 3 unspecified atom stereocenters. The van der Waals surface area contributed by atoms with Crippen LogP contribution in [-0.2, 0) is 0 Å². The highest BCUT2D eigenvalue weighted by atomic mass is 19.1. The number of aryl methyl sites for hydroxylation is 1. The molecule has 0 heterocycles. The van der Waals surface area contributed by atoms with Gasteiger partial charge in [-0.1, -0.05) is 19.9 Å². The Morgan fingerprint density at radius 2 is 2.00 bits per heavy atom. The normalized spacial score (nSPS) is 27.0. The maximum absolute atomic E-state index is 13.7.